The molecule has 0 fully saturated rings. The van der Waals surface area contributed by atoms with Gasteiger partial charge in [-0.3, -0.25) is 14.4 Å². The first-order valence-corrected chi connectivity index (χ1v) is 24.9. The van der Waals surface area contributed by atoms with Gasteiger partial charge in [0, 0.05) is 12.8 Å². The molecule has 0 aliphatic carbocycles. The average molecular weight is 859 g/mol. The molecule has 1 unspecified atom stereocenters. The van der Waals surface area contributed by atoms with E-state index in [0.29, 0.717) is 12.8 Å². The molecule has 0 aliphatic heterocycles. The van der Waals surface area contributed by atoms with Crippen molar-refractivity contribution in [2.75, 3.05) is 13.2 Å². The largest absolute Gasteiger partial charge is 0.462 e. The van der Waals surface area contributed by atoms with Crippen LogP contribution in [0.15, 0.2) is 109 Å². The quantitative estimate of drug-likeness (QED) is 0.0263. The van der Waals surface area contributed by atoms with E-state index >= 15 is 0 Å². The highest BCUT2D eigenvalue weighted by Gasteiger charge is 2.19. The van der Waals surface area contributed by atoms with Gasteiger partial charge in [-0.05, 0) is 103 Å². The number of hydrogen-bond acceptors (Lipinski definition) is 6. The number of rotatable bonds is 43. The maximum atomic E-state index is 12.8. The van der Waals surface area contributed by atoms with E-state index in [2.05, 4.69) is 118 Å². The molecule has 0 amide bonds. The summed E-state index contributed by atoms with van der Waals surface area (Å²) in [5, 5.41) is 0. The molecule has 0 aromatic heterocycles. The number of allylic oxidation sites excluding steroid dienone is 17. The number of ether oxygens (including phenoxy) is 3. The molecule has 0 radical (unpaired) electrons. The van der Waals surface area contributed by atoms with Crippen LogP contribution in [-0.2, 0) is 28.6 Å². The van der Waals surface area contributed by atoms with Crippen molar-refractivity contribution in [3.05, 3.63) is 109 Å². The third-order valence-corrected chi connectivity index (χ3v) is 10.0. The molecular formula is C56H90O6. The molecule has 0 aromatic carbocycles. The molecule has 0 spiro atoms. The predicted molar refractivity (Wildman–Crippen MR) is 265 cm³/mol. The lowest BCUT2D eigenvalue weighted by Gasteiger charge is -2.18. The number of carbonyl (C=O) groups excluding carboxylic acids is 3. The Balaban J connectivity index is 4.47. The van der Waals surface area contributed by atoms with E-state index in [1.807, 2.05) is 6.08 Å². The Morgan fingerprint density at radius 3 is 1.16 bits per heavy atom. The van der Waals surface area contributed by atoms with E-state index in [9.17, 15) is 14.4 Å². The van der Waals surface area contributed by atoms with E-state index in [4.69, 9.17) is 14.2 Å². The summed E-state index contributed by atoms with van der Waals surface area (Å²) in [5.74, 6) is -1.10. The Hall–Kier alpha value is -3.93. The van der Waals surface area contributed by atoms with Crippen molar-refractivity contribution < 1.29 is 28.6 Å². The van der Waals surface area contributed by atoms with E-state index in [1.165, 1.54) is 57.8 Å². The van der Waals surface area contributed by atoms with Crippen LogP contribution in [0.3, 0.4) is 0 Å². The Bertz CT molecular complexity index is 1310. The highest BCUT2D eigenvalue weighted by atomic mass is 16.6. The number of esters is 3. The van der Waals surface area contributed by atoms with Gasteiger partial charge in [-0.15, -0.1) is 0 Å². The second-order valence-electron chi connectivity index (χ2n) is 16.0. The van der Waals surface area contributed by atoms with Gasteiger partial charge in [0.25, 0.3) is 0 Å². The molecule has 0 heterocycles. The van der Waals surface area contributed by atoms with Crippen molar-refractivity contribution >= 4 is 17.9 Å². The third-order valence-electron chi connectivity index (χ3n) is 10.0. The smallest absolute Gasteiger partial charge is 0.309 e. The first kappa shape index (κ1) is 58.1. The lowest BCUT2D eigenvalue weighted by molar-refractivity contribution is -0.166. The molecule has 0 saturated carbocycles. The van der Waals surface area contributed by atoms with Crippen LogP contribution in [-0.4, -0.2) is 37.2 Å². The van der Waals surface area contributed by atoms with Gasteiger partial charge in [-0.25, -0.2) is 0 Å². The van der Waals surface area contributed by atoms with Crippen molar-refractivity contribution in [1.82, 2.24) is 0 Å². The van der Waals surface area contributed by atoms with E-state index < -0.39 is 12.1 Å². The Morgan fingerprint density at radius 1 is 0.355 bits per heavy atom. The minimum absolute atomic E-state index is 0.124. The molecule has 1 atom stereocenters. The molecule has 350 valence electrons. The van der Waals surface area contributed by atoms with Crippen molar-refractivity contribution in [2.24, 2.45) is 0 Å². The maximum Gasteiger partial charge on any atom is 0.309 e. The summed E-state index contributed by atoms with van der Waals surface area (Å²) in [6.45, 7) is 6.25. The molecule has 0 aromatic rings. The second-order valence-corrected chi connectivity index (χ2v) is 16.0. The fraction of sp³-hybridized carbons (Fsp3) is 0.625. The third kappa shape index (κ3) is 47.1. The molecule has 0 rings (SSSR count). The zero-order valence-corrected chi connectivity index (χ0v) is 39.8. The summed E-state index contributed by atoms with van der Waals surface area (Å²) < 4.78 is 16.6. The van der Waals surface area contributed by atoms with Crippen LogP contribution in [0.4, 0.5) is 0 Å². The van der Waals surface area contributed by atoms with E-state index in [-0.39, 0.29) is 31.6 Å². The SMILES string of the molecule is CC/C=C\C/C=C\C/C=C\C/C=C\C/C=C\CCCCCC(=O)OCC(COC(=O)C/C=C\C/C=C\C/C=C\CC)OC(=O)CCCCCCC/C=C\CCCCCCCCC. The van der Waals surface area contributed by atoms with Crippen LogP contribution in [0, 0.1) is 0 Å². The minimum Gasteiger partial charge on any atom is -0.462 e. The summed E-state index contributed by atoms with van der Waals surface area (Å²) in [7, 11) is 0. The average Bonchev–Trinajstić information content (AvgIpc) is 3.27. The van der Waals surface area contributed by atoms with Gasteiger partial charge in [0.2, 0.25) is 0 Å². The molecule has 0 aliphatic rings. The summed E-state index contributed by atoms with van der Waals surface area (Å²) in [6.07, 6.45) is 66.8. The molecule has 62 heavy (non-hydrogen) atoms. The first-order chi connectivity index (χ1) is 30.5. The van der Waals surface area contributed by atoms with Gasteiger partial charge in [0.1, 0.15) is 13.2 Å². The molecule has 6 nitrogen and oxygen atoms in total. The van der Waals surface area contributed by atoms with Gasteiger partial charge in [-0.2, -0.15) is 0 Å². The zero-order chi connectivity index (χ0) is 45.1. The van der Waals surface area contributed by atoms with Gasteiger partial charge >= 0.3 is 17.9 Å². The second kappa shape index (κ2) is 49.7. The summed E-state index contributed by atoms with van der Waals surface area (Å²) in [6, 6.07) is 0. The molecule has 0 saturated heterocycles. The van der Waals surface area contributed by atoms with E-state index in [1.54, 1.807) is 6.08 Å². The van der Waals surface area contributed by atoms with Crippen molar-refractivity contribution in [1.29, 1.82) is 0 Å². The van der Waals surface area contributed by atoms with E-state index in [0.717, 1.165) is 109 Å². The molecule has 0 N–H and O–H groups in total. The number of carbonyl (C=O) groups is 3. The zero-order valence-electron chi connectivity index (χ0n) is 39.8. The minimum atomic E-state index is -0.832. The molecular weight excluding hydrogens is 769 g/mol. The van der Waals surface area contributed by atoms with Crippen LogP contribution >= 0.6 is 0 Å². The highest BCUT2D eigenvalue weighted by Crippen LogP contribution is 2.12. The van der Waals surface area contributed by atoms with Crippen molar-refractivity contribution in [3.8, 4) is 0 Å². The standard InChI is InChI=1S/C56H90O6/c1-4-7-10-13-16-19-21-23-25-27-28-29-31-32-34-37-40-43-46-49-55(58)61-52-53(51-60-54(57)48-45-42-39-36-18-15-12-9-6-3)62-56(59)50-47-44-41-38-35-33-30-26-24-22-20-17-14-11-8-5-2/h7,9-10,12,16,18-19,23,25-26,28-30,32,34,36,42,45,53H,4-6,8,11,13-15,17,20-22,24,27,31,33,35,37-41,43-44,46-52H2,1-3H3/b10-7-,12-9-,19-16-,25-23-,29-28-,30-26-,34-32-,36-18-,45-42-. The Kier molecular flexibility index (Phi) is 46.6. The lowest BCUT2D eigenvalue weighted by atomic mass is 10.1. The summed E-state index contributed by atoms with van der Waals surface area (Å²) >= 11 is 0. The number of hydrogen-bond donors (Lipinski definition) is 0. The normalized spacial score (nSPS) is 13.0. The fourth-order valence-corrected chi connectivity index (χ4v) is 6.35. The van der Waals surface area contributed by atoms with Crippen LogP contribution in [0.25, 0.3) is 0 Å². The van der Waals surface area contributed by atoms with Crippen molar-refractivity contribution in [2.45, 2.75) is 213 Å². The number of unbranched alkanes of at least 4 members (excludes halogenated alkanes) is 15. The van der Waals surface area contributed by atoms with Crippen molar-refractivity contribution in [3.63, 3.8) is 0 Å². The molecule has 6 heteroatoms. The van der Waals surface area contributed by atoms with Crippen LogP contribution in [0.1, 0.15) is 207 Å². The summed E-state index contributed by atoms with van der Waals surface area (Å²) in [5.41, 5.74) is 0. The van der Waals surface area contributed by atoms with Gasteiger partial charge in [-0.1, -0.05) is 194 Å². The first-order valence-electron chi connectivity index (χ1n) is 24.9. The maximum absolute atomic E-state index is 12.8. The van der Waals surface area contributed by atoms with Gasteiger partial charge in [0.05, 0.1) is 6.42 Å². The predicted octanol–water partition coefficient (Wildman–Crippen LogP) is 16.4. The topological polar surface area (TPSA) is 78.9 Å². The molecule has 0 bridgehead atoms. The monoisotopic (exact) mass is 859 g/mol. The van der Waals surface area contributed by atoms with Crippen LogP contribution < -0.4 is 0 Å². The highest BCUT2D eigenvalue weighted by molar-refractivity contribution is 5.72. The summed E-state index contributed by atoms with van der Waals surface area (Å²) in [4.78, 5) is 37.8. The van der Waals surface area contributed by atoms with Crippen LogP contribution in [0.5, 0.6) is 0 Å². The van der Waals surface area contributed by atoms with Gasteiger partial charge < -0.3 is 14.2 Å². The van der Waals surface area contributed by atoms with Gasteiger partial charge in [0.15, 0.2) is 6.10 Å². The fourth-order valence-electron chi connectivity index (χ4n) is 6.35. The van der Waals surface area contributed by atoms with Crippen LogP contribution in [0.2, 0.25) is 0 Å². The Morgan fingerprint density at radius 2 is 0.694 bits per heavy atom. The Labute approximate surface area is 380 Å². The lowest BCUT2D eigenvalue weighted by Crippen LogP contribution is -2.30.